The normalized spacial score (nSPS) is 14.9. The predicted octanol–water partition coefficient (Wildman–Crippen LogP) is 3.41. The van der Waals surface area contributed by atoms with Crippen LogP contribution in [0.1, 0.15) is 28.5 Å². The molecule has 94 valence electrons. The van der Waals surface area contributed by atoms with Gasteiger partial charge in [-0.2, -0.15) is 0 Å². The van der Waals surface area contributed by atoms with Crippen LogP contribution in [-0.2, 0) is 26.1 Å². The van der Waals surface area contributed by atoms with Gasteiger partial charge in [-0.3, -0.25) is 4.90 Å². The number of rotatable bonds is 3. The van der Waals surface area contributed by atoms with Crippen LogP contribution in [0.5, 0.6) is 0 Å². The third-order valence-corrected chi connectivity index (χ3v) is 4.62. The summed E-state index contributed by atoms with van der Waals surface area (Å²) in [6.45, 7) is 5.29. The van der Waals surface area contributed by atoms with E-state index in [1.165, 1.54) is 21.6 Å². The largest absolute Gasteiger partial charge is 0.398 e. The van der Waals surface area contributed by atoms with Crippen LogP contribution < -0.4 is 5.73 Å². The molecule has 1 aliphatic heterocycles. The molecule has 18 heavy (non-hydrogen) atoms. The van der Waals surface area contributed by atoms with Crippen molar-refractivity contribution in [3.05, 3.63) is 51.2 Å². The molecule has 0 unspecified atom stereocenters. The summed E-state index contributed by atoms with van der Waals surface area (Å²) in [5.41, 5.74) is 11.2. The van der Waals surface area contributed by atoms with Crippen molar-refractivity contribution >= 4 is 17.0 Å². The van der Waals surface area contributed by atoms with Gasteiger partial charge in [0.2, 0.25) is 0 Å². The van der Waals surface area contributed by atoms with Gasteiger partial charge in [-0.1, -0.05) is 19.1 Å². The minimum atomic E-state index is 0.942. The van der Waals surface area contributed by atoms with Crippen molar-refractivity contribution < 1.29 is 0 Å². The highest BCUT2D eigenvalue weighted by Crippen LogP contribution is 2.30. The molecule has 0 amide bonds. The molecule has 0 saturated heterocycles. The molecule has 2 heterocycles. The summed E-state index contributed by atoms with van der Waals surface area (Å²) in [6.07, 6.45) is 1.13. The molecule has 2 N–H and O–H groups in total. The summed E-state index contributed by atoms with van der Waals surface area (Å²) in [4.78, 5) is 3.98. The summed E-state index contributed by atoms with van der Waals surface area (Å²) in [5.74, 6) is 0. The molecule has 2 aromatic rings. The summed E-state index contributed by atoms with van der Waals surface area (Å²) in [7, 11) is 0. The van der Waals surface area contributed by atoms with Crippen molar-refractivity contribution in [3.63, 3.8) is 0 Å². The lowest BCUT2D eigenvalue weighted by Gasteiger charge is -2.14. The van der Waals surface area contributed by atoms with Crippen molar-refractivity contribution in [2.75, 3.05) is 5.73 Å². The minimum Gasteiger partial charge on any atom is -0.398 e. The standard InChI is InChI=1S/C15H18N2S/c1-2-11-6-7-18-15(11)10-17-8-12-4-3-5-14(16)13(12)9-17/h3-7H,2,8-10,16H2,1H3. The maximum atomic E-state index is 6.04. The monoisotopic (exact) mass is 258 g/mol. The second-order valence-corrected chi connectivity index (χ2v) is 5.85. The summed E-state index contributed by atoms with van der Waals surface area (Å²) >= 11 is 1.87. The first-order valence-corrected chi connectivity index (χ1v) is 7.29. The first-order chi connectivity index (χ1) is 8.78. The molecule has 0 atom stereocenters. The van der Waals surface area contributed by atoms with Crippen LogP contribution >= 0.6 is 11.3 Å². The van der Waals surface area contributed by atoms with Crippen LogP contribution in [-0.4, -0.2) is 4.90 Å². The molecule has 0 fully saturated rings. The zero-order valence-electron chi connectivity index (χ0n) is 10.6. The van der Waals surface area contributed by atoms with Crippen molar-refractivity contribution in [3.8, 4) is 0 Å². The highest BCUT2D eigenvalue weighted by Gasteiger charge is 2.21. The number of hydrogen-bond acceptors (Lipinski definition) is 3. The van der Waals surface area contributed by atoms with Crippen LogP contribution in [0.2, 0.25) is 0 Å². The number of thiophene rings is 1. The molecule has 1 aromatic carbocycles. The van der Waals surface area contributed by atoms with Crippen molar-refractivity contribution in [1.82, 2.24) is 4.90 Å². The molecule has 3 rings (SSSR count). The molecule has 0 radical (unpaired) electrons. The molecular weight excluding hydrogens is 240 g/mol. The van der Waals surface area contributed by atoms with Gasteiger partial charge >= 0.3 is 0 Å². The van der Waals surface area contributed by atoms with E-state index < -0.39 is 0 Å². The first-order valence-electron chi connectivity index (χ1n) is 6.41. The Morgan fingerprint density at radius 1 is 1.28 bits per heavy atom. The van der Waals surface area contributed by atoms with Gasteiger partial charge in [0.05, 0.1) is 0 Å². The Bertz CT molecular complexity index is 559. The fourth-order valence-corrected chi connectivity index (χ4v) is 3.67. The van der Waals surface area contributed by atoms with Crippen LogP contribution in [0, 0.1) is 0 Å². The molecule has 1 aromatic heterocycles. The van der Waals surface area contributed by atoms with Crippen molar-refractivity contribution in [1.29, 1.82) is 0 Å². The maximum absolute atomic E-state index is 6.04. The van der Waals surface area contributed by atoms with Gasteiger partial charge in [0.15, 0.2) is 0 Å². The molecule has 0 bridgehead atoms. The van der Waals surface area contributed by atoms with Gasteiger partial charge in [0.25, 0.3) is 0 Å². The summed E-state index contributed by atoms with van der Waals surface area (Å²) in [6, 6.07) is 8.50. The average molecular weight is 258 g/mol. The maximum Gasteiger partial charge on any atom is 0.0363 e. The van der Waals surface area contributed by atoms with E-state index in [0.717, 1.165) is 31.7 Å². The predicted molar refractivity (Wildman–Crippen MR) is 77.5 cm³/mol. The van der Waals surface area contributed by atoms with E-state index in [-0.39, 0.29) is 0 Å². The van der Waals surface area contributed by atoms with E-state index in [4.69, 9.17) is 5.73 Å². The van der Waals surface area contributed by atoms with E-state index >= 15 is 0 Å². The Balaban J connectivity index is 1.77. The summed E-state index contributed by atoms with van der Waals surface area (Å²) < 4.78 is 0. The van der Waals surface area contributed by atoms with Gasteiger partial charge in [-0.25, -0.2) is 0 Å². The molecule has 0 saturated carbocycles. The quantitative estimate of drug-likeness (QED) is 0.855. The lowest BCUT2D eigenvalue weighted by molar-refractivity contribution is 0.277. The van der Waals surface area contributed by atoms with Crippen LogP contribution in [0.25, 0.3) is 0 Å². The third-order valence-electron chi connectivity index (χ3n) is 3.67. The molecule has 1 aliphatic rings. The SMILES string of the molecule is CCc1ccsc1CN1Cc2cccc(N)c2C1. The lowest BCUT2D eigenvalue weighted by Crippen LogP contribution is -2.15. The topological polar surface area (TPSA) is 29.3 Å². The van der Waals surface area contributed by atoms with Gasteiger partial charge in [0.1, 0.15) is 0 Å². The average Bonchev–Trinajstić information content (AvgIpc) is 2.96. The number of aryl methyl sites for hydroxylation is 1. The smallest absolute Gasteiger partial charge is 0.0363 e. The van der Waals surface area contributed by atoms with E-state index in [1.54, 1.807) is 0 Å². The molecule has 3 heteroatoms. The number of fused-ring (bicyclic) bond motifs is 1. The fraction of sp³-hybridized carbons (Fsp3) is 0.333. The number of benzene rings is 1. The third kappa shape index (κ3) is 2.04. The number of nitrogens with two attached hydrogens (primary N) is 1. The van der Waals surface area contributed by atoms with E-state index in [2.05, 4.69) is 35.4 Å². The highest BCUT2D eigenvalue weighted by atomic mass is 32.1. The second-order valence-electron chi connectivity index (χ2n) is 4.85. The van der Waals surface area contributed by atoms with Gasteiger partial charge in [0, 0.05) is 30.2 Å². The fourth-order valence-electron chi connectivity index (χ4n) is 2.65. The first kappa shape index (κ1) is 11.8. The highest BCUT2D eigenvalue weighted by molar-refractivity contribution is 7.10. The van der Waals surface area contributed by atoms with E-state index in [9.17, 15) is 0 Å². The molecule has 2 nitrogen and oxygen atoms in total. The Morgan fingerprint density at radius 3 is 2.94 bits per heavy atom. The van der Waals surface area contributed by atoms with Gasteiger partial charge in [-0.15, -0.1) is 11.3 Å². The summed E-state index contributed by atoms with van der Waals surface area (Å²) in [5, 5.41) is 2.20. The van der Waals surface area contributed by atoms with Crippen molar-refractivity contribution in [2.24, 2.45) is 0 Å². The number of nitrogen functional groups attached to an aromatic ring is 1. The molecule has 0 spiro atoms. The Kier molecular flexibility index (Phi) is 3.10. The Hall–Kier alpha value is -1.32. The Labute approximate surface area is 112 Å². The second kappa shape index (κ2) is 4.75. The van der Waals surface area contributed by atoms with Crippen LogP contribution in [0.3, 0.4) is 0 Å². The Morgan fingerprint density at radius 2 is 2.17 bits per heavy atom. The van der Waals surface area contributed by atoms with Gasteiger partial charge < -0.3 is 5.73 Å². The van der Waals surface area contributed by atoms with Crippen molar-refractivity contribution in [2.45, 2.75) is 33.0 Å². The molecule has 0 aliphatic carbocycles. The number of hydrogen-bond donors (Lipinski definition) is 1. The van der Waals surface area contributed by atoms with Crippen LogP contribution in [0.15, 0.2) is 29.6 Å². The zero-order chi connectivity index (χ0) is 12.5. The molecular formula is C15H18N2S. The van der Waals surface area contributed by atoms with E-state index in [0.29, 0.717) is 0 Å². The number of anilines is 1. The van der Waals surface area contributed by atoms with E-state index in [1.807, 2.05) is 17.4 Å². The number of nitrogens with zero attached hydrogens (tertiary/aromatic N) is 1. The zero-order valence-corrected chi connectivity index (χ0v) is 11.5. The van der Waals surface area contributed by atoms with Gasteiger partial charge in [-0.05, 0) is 40.6 Å². The van der Waals surface area contributed by atoms with Crippen LogP contribution in [0.4, 0.5) is 5.69 Å². The lowest BCUT2D eigenvalue weighted by atomic mass is 10.1. The minimum absolute atomic E-state index is 0.942.